The van der Waals surface area contributed by atoms with E-state index in [-0.39, 0.29) is 18.2 Å². The average molecular weight is 566 g/mol. The summed E-state index contributed by atoms with van der Waals surface area (Å²) >= 11 is 0. The predicted octanol–water partition coefficient (Wildman–Crippen LogP) is 3.76. The number of carboxylic acid groups (broad SMARTS) is 1. The van der Waals surface area contributed by atoms with Gasteiger partial charge in [-0.2, -0.15) is 0 Å². The molecule has 3 aromatic carbocycles. The van der Waals surface area contributed by atoms with Gasteiger partial charge in [0.1, 0.15) is 30.0 Å². The van der Waals surface area contributed by atoms with Gasteiger partial charge in [-0.15, -0.1) is 0 Å². The molecule has 4 aromatic rings. The van der Waals surface area contributed by atoms with Gasteiger partial charge in [0, 0.05) is 35.9 Å². The van der Waals surface area contributed by atoms with Crippen molar-refractivity contribution in [1.82, 2.24) is 9.88 Å². The van der Waals surface area contributed by atoms with Crippen LogP contribution in [0.4, 0.5) is 5.69 Å². The largest absolute Gasteiger partial charge is 0.491 e. The van der Waals surface area contributed by atoms with Crippen molar-refractivity contribution in [2.75, 3.05) is 37.1 Å². The van der Waals surface area contributed by atoms with Crippen LogP contribution in [-0.2, 0) is 22.8 Å². The SMILES string of the molecule is CS(=O)(=O)CNc1cccc(Cn2c(C(=O)O)c(CCCNCC(O)COc3ccccc3)c3ccccc32)c1. The number of hydrogen-bond donors (Lipinski definition) is 4. The Morgan fingerprint density at radius 3 is 2.52 bits per heavy atom. The predicted molar refractivity (Wildman–Crippen MR) is 157 cm³/mol. The molecule has 9 nitrogen and oxygen atoms in total. The number of ether oxygens (including phenoxy) is 1. The Morgan fingerprint density at radius 2 is 1.77 bits per heavy atom. The summed E-state index contributed by atoms with van der Waals surface area (Å²) in [5.41, 5.74) is 3.34. The van der Waals surface area contributed by atoms with E-state index in [9.17, 15) is 23.4 Å². The maximum atomic E-state index is 12.5. The molecule has 0 amide bonds. The highest BCUT2D eigenvalue weighted by Crippen LogP contribution is 2.29. The first-order valence-corrected chi connectivity index (χ1v) is 15.2. The Hall–Kier alpha value is -3.86. The van der Waals surface area contributed by atoms with Crippen LogP contribution in [0.1, 0.15) is 28.0 Å². The zero-order chi connectivity index (χ0) is 28.5. The first kappa shape index (κ1) is 29.1. The summed E-state index contributed by atoms with van der Waals surface area (Å²) < 4.78 is 30.5. The molecule has 10 heteroatoms. The zero-order valence-corrected chi connectivity index (χ0v) is 23.2. The fourth-order valence-corrected chi connectivity index (χ4v) is 5.07. The van der Waals surface area contributed by atoms with Crippen LogP contribution in [0.15, 0.2) is 78.9 Å². The molecule has 4 rings (SSSR count). The maximum Gasteiger partial charge on any atom is 0.352 e. The van der Waals surface area contributed by atoms with Crippen LogP contribution in [-0.4, -0.2) is 67.1 Å². The van der Waals surface area contributed by atoms with Crippen molar-refractivity contribution < 1.29 is 28.2 Å². The van der Waals surface area contributed by atoms with E-state index in [1.807, 2.05) is 72.8 Å². The fourth-order valence-electron chi connectivity index (χ4n) is 4.64. The average Bonchev–Trinajstić information content (AvgIpc) is 3.24. The summed E-state index contributed by atoms with van der Waals surface area (Å²) in [5.74, 6) is -0.478. The number of aliphatic hydroxyl groups is 1. The summed E-state index contributed by atoms with van der Waals surface area (Å²) in [7, 11) is -3.19. The topological polar surface area (TPSA) is 130 Å². The molecule has 1 heterocycles. The summed E-state index contributed by atoms with van der Waals surface area (Å²) in [6.07, 6.45) is 1.73. The number of nitrogens with zero attached hydrogens (tertiary/aromatic N) is 1. The van der Waals surface area contributed by atoms with Crippen LogP contribution in [0.2, 0.25) is 0 Å². The lowest BCUT2D eigenvalue weighted by Gasteiger charge is -2.13. The Kier molecular flexibility index (Phi) is 9.81. The summed E-state index contributed by atoms with van der Waals surface area (Å²) in [6, 6.07) is 24.3. The molecule has 0 saturated heterocycles. The van der Waals surface area contributed by atoms with Gasteiger partial charge < -0.3 is 30.2 Å². The Bertz CT molecular complexity index is 1540. The molecular weight excluding hydrogens is 530 g/mol. The normalized spacial score (nSPS) is 12.3. The van der Waals surface area contributed by atoms with Crippen molar-refractivity contribution in [1.29, 1.82) is 0 Å². The number of aromatic nitrogens is 1. The van der Waals surface area contributed by atoms with E-state index in [1.54, 1.807) is 10.6 Å². The number of benzene rings is 3. The van der Waals surface area contributed by atoms with E-state index in [1.165, 1.54) is 0 Å². The molecule has 0 aliphatic rings. The molecule has 212 valence electrons. The fraction of sp³-hybridized carbons (Fsp3) is 0.300. The van der Waals surface area contributed by atoms with E-state index < -0.39 is 21.9 Å². The Balaban J connectivity index is 1.42. The number of rotatable bonds is 15. The van der Waals surface area contributed by atoms with Gasteiger partial charge in [0.15, 0.2) is 9.84 Å². The van der Waals surface area contributed by atoms with Gasteiger partial charge >= 0.3 is 5.97 Å². The van der Waals surface area contributed by atoms with E-state index in [0.717, 1.165) is 28.3 Å². The summed E-state index contributed by atoms with van der Waals surface area (Å²) in [5, 5.41) is 27.5. The minimum absolute atomic E-state index is 0.179. The quantitative estimate of drug-likeness (QED) is 0.160. The lowest BCUT2D eigenvalue weighted by atomic mass is 10.1. The second kappa shape index (κ2) is 13.5. The lowest BCUT2D eigenvalue weighted by Crippen LogP contribution is -2.32. The van der Waals surface area contributed by atoms with E-state index >= 15 is 0 Å². The van der Waals surface area contributed by atoms with Crippen LogP contribution in [0, 0.1) is 0 Å². The molecule has 0 bridgehead atoms. The number of aryl methyl sites for hydroxylation is 1. The minimum atomic E-state index is -3.19. The molecule has 1 atom stereocenters. The van der Waals surface area contributed by atoms with Crippen LogP contribution in [0.25, 0.3) is 10.9 Å². The molecule has 0 aliphatic carbocycles. The molecule has 1 aromatic heterocycles. The first-order chi connectivity index (χ1) is 19.2. The van der Waals surface area contributed by atoms with Crippen LogP contribution < -0.4 is 15.4 Å². The van der Waals surface area contributed by atoms with Crippen LogP contribution in [0.3, 0.4) is 0 Å². The van der Waals surface area contributed by atoms with Gasteiger partial charge in [-0.3, -0.25) is 0 Å². The third kappa shape index (κ3) is 8.08. The van der Waals surface area contributed by atoms with Gasteiger partial charge in [-0.05, 0) is 60.8 Å². The van der Waals surface area contributed by atoms with Gasteiger partial charge in [-0.1, -0.05) is 48.5 Å². The second-order valence-electron chi connectivity index (χ2n) is 9.77. The Morgan fingerprint density at radius 1 is 1.02 bits per heavy atom. The molecule has 1 unspecified atom stereocenters. The molecule has 40 heavy (non-hydrogen) atoms. The van der Waals surface area contributed by atoms with Crippen molar-refractivity contribution in [2.45, 2.75) is 25.5 Å². The highest BCUT2D eigenvalue weighted by molar-refractivity contribution is 7.90. The number of hydrogen-bond acceptors (Lipinski definition) is 7. The molecule has 0 spiro atoms. The van der Waals surface area contributed by atoms with Gasteiger partial charge in [0.2, 0.25) is 0 Å². The molecule has 4 N–H and O–H groups in total. The van der Waals surface area contributed by atoms with Crippen LogP contribution in [0.5, 0.6) is 5.75 Å². The number of carboxylic acids is 1. The molecule has 0 radical (unpaired) electrons. The molecule has 0 aliphatic heterocycles. The number of aromatic carboxylic acids is 1. The van der Waals surface area contributed by atoms with Crippen molar-refractivity contribution in [3.8, 4) is 5.75 Å². The standard InChI is InChI=1S/C30H35N3O6S/c1-40(37,38)21-32-23-10-7-9-22(17-23)19-33-28-15-6-5-13-26(28)27(29(33)30(35)36)14-8-16-31-18-24(34)20-39-25-11-3-2-4-12-25/h2-7,9-13,15,17,24,31-32,34H,8,14,16,18-21H2,1H3,(H,35,36). The number of anilines is 1. The lowest BCUT2D eigenvalue weighted by molar-refractivity contribution is 0.0685. The second-order valence-corrected chi connectivity index (χ2v) is 11.9. The highest BCUT2D eigenvalue weighted by Gasteiger charge is 2.22. The highest BCUT2D eigenvalue weighted by atomic mass is 32.2. The van der Waals surface area contributed by atoms with E-state index in [2.05, 4.69) is 10.6 Å². The van der Waals surface area contributed by atoms with Crippen LogP contribution >= 0.6 is 0 Å². The van der Waals surface area contributed by atoms with Crippen molar-refractivity contribution in [3.05, 3.63) is 95.7 Å². The van der Waals surface area contributed by atoms with Gasteiger partial charge in [0.05, 0.1) is 0 Å². The smallest absolute Gasteiger partial charge is 0.352 e. The van der Waals surface area contributed by atoms with E-state index in [4.69, 9.17) is 4.74 Å². The Labute approximate surface area is 234 Å². The molecular formula is C30H35N3O6S. The number of aliphatic hydroxyl groups excluding tert-OH is 1. The number of para-hydroxylation sites is 2. The first-order valence-electron chi connectivity index (χ1n) is 13.1. The summed E-state index contributed by atoms with van der Waals surface area (Å²) in [4.78, 5) is 12.5. The van der Waals surface area contributed by atoms with Gasteiger partial charge in [0.25, 0.3) is 0 Å². The monoisotopic (exact) mass is 565 g/mol. The molecule has 0 fully saturated rings. The van der Waals surface area contributed by atoms with Gasteiger partial charge in [-0.25, -0.2) is 13.2 Å². The third-order valence-corrected chi connectivity index (χ3v) is 7.10. The number of fused-ring (bicyclic) bond motifs is 1. The van der Waals surface area contributed by atoms with E-state index in [0.29, 0.717) is 43.9 Å². The van der Waals surface area contributed by atoms with Crippen molar-refractivity contribution in [3.63, 3.8) is 0 Å². The summed E-state index contributed by atoms with van der Waals surface area (Å²) in [6.45, 7) is 1.47. The maximum absolute atomic E-state index is 12.5. The number of sulfone groups is 1. The number of nitrogens with one attached hydrogen (secondary N) is 2. The third-order valence-electron chi connectivity index (χ3n) is 6.43. The number of carbonyl (C=O) groups is 1. The minimum Gasteiger partial charge on any atom is -0.491 e. The zero-order valence-electron chi connectivity index (χ0n) is 22.4. The van der Waals surface area contributed by atoms with Crippen molar-refractivity contribution in [2.24, 2.45) is 0 Å². The molecule has 0 saturated carbocycles. The van der Waals surface area contributed by atoms with Crippen molar-refractivity contribution >= 4 is 32.4 Å².